The summed E-state index contributed by atoms with van der Waals surface area (Å²) < 4.78 is 122. The molecule has 0 unspecified atom stereocenters. The summed E-state index contributed by atoms with van der Waals surface area (Å²) in [7, 11) is 0. The zero-order valence-electron chi connectivity index (χ0n) is 15.1. The van der Waals surface area contributed by atoms with Crippen LogP contribution in [-0.4, -0.2) is 49.1 Å². The monoisotopic (exact) mass is 504 g/mol. The van der Waals surface area contributed by atoms with Gasteiger partial charge in [-0.15, -0.1) is 0 Å². The van der Waals surface area contributed by atoms with E-state index in [0.29, 0.717) is 12.3 Å². The molecule has 160 valence electrons. The van der Waals surface area contributed by atoms with Crippen LogP contribution in [0.15, 0.2) is 0 Å². The second-order valence-electron chi connectivity index (χ2n) is 5.34. The molecule has 0 spiro atoms. The molecule has 28 heavy (non-hydrogen) atoms. The number of alkyl halides is 9. The van der Waals surface area contributed by atoms with E-state index in [-0.39, 0.29) is 58.2 Å². The van der Waals surface area contributed by atoms with Crippen LogP contribution in [0.4, 0.5) is 39.5 Å². The predicted molar refractivity (Wildman–Crippen MR) is 71.3 cm³/mol. The maximum absolute atomic E-state index is 13.2. The van der Waals surface area contributed by atoms with Crippen LogP contribution < -0.4 is 58.2 Å². The van der Waals surface area contributed by atoms with Gasteiger partial charge >= 0.3 is 88.1 Å². The number of halogens is 9. The minimum atomic E-state index is -6.99. The van der Waals surface area contributed by atoms with Crippen molar-refractivity contribution in [2.75, 3.05) is 13.2 Å². The molecular weight excluding hydrogens is 489 g/mol. The molecule has 0 bridgehead atoms. The molecule has 4 nitrogen and oxygen atoms in total. The SMILES string of the molecule is CC[C-](C)C(=O)OCCC(=O)OCCC(F)(F)C(F)(F)C(F)(F)C(F)(F)F.[Rb+]. The number of ether oxygens (including phenoxy) is 2. The van der Waals surface area contributed by atoms with Gasteiger partial charge in [-0.3, -0.25) is 15.5 Å². The van der Waals surface area contributed by atoms with Gasteiger partial charge in [0.15, 0.2) is 5.97 Å². The van der Waals surface area contributed by atoms with Crippen LogP contribution in [0.1, 0.15) is 33.1 Å². The van der Waals surface area contributed by atoms with Crippen molar-refractivity contribution in [2.24, 2.45) is 0 Å². The first-order valence-corrected chi connectivity index (χ1v) is 7.36. The van der Waals surface area contributed by atoms with Crippen molar-refractivity contribution in [3.8, 4) is 0 Å². The minimum absolute atomic E-state index is 0. The van der Waals surface area contributed by atoms with Gasteiger partial charge in [0.25, 0.3) is 0 Å². The molecule has 0 aliphatic rings. The molecule has 0 aromatic rings. The molecule has 0 radical (unpaired) electrons. The largest absolute Gasteiger partial charge is 1.00 e. The summed E-state index contributed by atoms with van der Waals surface area (Å²) in [5.74, 6) is -21.3. The van der Waals surface area contributed by atoms with Crippen LogP contribution in [0.2, 0.25) is 0 Å². The van der Waals surface area contributed by atoms with E-state index in [4.69, 9.17) is 0 Å². The Hall–Kier alpha value is -0.0148. The third-order valence-corrected chi connectivity index (χ3v) is 3.31. The Morgan fingerprint density at radius 3 is 1.79 bits per heavy atom. The van der Waals surface area contributed by atoms with E-state index in [1.807, 2.05) is 0 Å². The van der Waals surface area contributed by atoms with E-state index in [1.54, 1.807) is 6.92 Å². The number of esters is 2. The van der Waals surface area contributed by atoms with Crippen molar-refractivity contribution in [3.05, 3.63) is 5.92 Å². The normalized spacial score (nSPS) is 12.8. The first-order chi connectivity index (χ1) is 12.0. The fraction of sp³-hybridized carbons (Fsp3) is 0.786. The van der Waals surface area contributed by atoms with Crippen LogP contribution in [0.5, 0.6) is 0 Å². The second kappa shape index (κ2) is 11.4. The fourth-order valence-electron chi connectivity index (χ4n) is 1.42. The average molecular weight is 505 g/mol. The summed E-state index contributed by atoms with van der Waals surface area (Å²) in [5.41, 5.74) is 0. The summed E-state index contributed by atoms with van der Waals surface area (Å²) in [6, 6.07) is 0. The molecule has 14 heteroatoms. The summed E-state index contributed by atoms with van der Waals surface area (Å²) in [6.07, 6.45) is -9.49. The second-order valence-corrected chi connectivity index (χ2v) is 5.34. The Morgan fingerprint density at radius 2 is 1.36 bits per heavy atom. The van der Waals surface area contributed by atoms with E-state index < -0.39 is 61.9 Å². The maximum Gasteiger partial charge on any atom is 1.00 e. The third-order valence-electron chi connectivity index (χ3n) is 3.31. The number of carbonyl (C=O) groups is 2. The van der Waals surface area contributed by atoms with Crippen molar-refractivity contribution in [1.29, 1.82) is 0 Å². The first kappa shape index (κ1) is 30.2. The van der Waals surface area contributed by atoms with Crippen LogP contribution in [0, 0.1) is 5.92 Å². The molecular formula is C14H16F9O4Rb. The van der Waals surface area contributed by atoms with Crippen molar-refractivity contribution in [3.63, 3.8) is 0 Å². The Bertz CT molecular complexity index is 523. The van der Waals surface area contributed by atoms with Crippen LogP contribution in [0.3, 0.4) is 0 Å². The molecule has 0 aliphatic heterocycles. The van der Waals surface area contributed by atoms with Crippen molar-refractivity contribution < 1.29 is 117 Å². The van der Waals surface area contributed by atoms with Crippen LogP contribution >= 0.6 is 0 Å². The van der Waals surface area contributed by atoms with Crippen molar-refractivity contribution in [2.45, 2.75) is 57.1 Å². The zero-order valence-corrected chi connectivity index (χ0v) is 20.0. The number of hydrogen-bond acceptors (Lipinski definition) is 4. The summed E-state index contributed by atoms with van der Waals surface area (Å²) in [5, 5.41) is 0. The van der Waals surface area contributed by atoms with E-state index >= 15 is 0 Å². The maximum atomic E-state index is 13.2. The van der Waals surface area contributed by atoms with E-state index in [1.165, 1.54) is 6.92 Å². The minimum Gasteiger partial charge on any atom is -0.487 e. The zero-order chi connectivity index (χ0) is 21.7. The van der Waals surface area contributed by atoms with Crippen LogP contribution in [0.25, 0.3) is 0 Å². The molecule has 0 atom stereocenters. The number of hydrogen-bond donors (Lipinski definition) is 0. The van der Waals surface area contributed by atoms with E-state index in [9.17, 15) is 49.1 Å². The van der Waals surface area contributed by atoms with Gasteiger partial charge in [-0.25, -0.2) is 0 Å². The van der Waals surface area contributed by atoms with Crippen molar-refractivity contribution >= 4 is 11.9 Å². The van der Waals surface area contributed by atoms with Gasteiger partial charge < -0.3 is 9.47 Å². The number of rotatable bonds is 10. The standard InChI is InChI=1S/C14H16F9O4.Rb/c1-3-8(2)10(25)27-6-4-9(24)26-7-5-11(15,16)12(17,18)13(19,20)14(21,22)23;/h3-7H2,1-2H3;/q-1;+1. The smallest absolute Gasteiger partial charge is 0.487 e. The summed E-state index contributed by atoms with van der Waals surface area (Å²) in [4.78, 5) is 22.4. The molecule has 0 aromatic heterocycles. The van der Waals surface area contributed by atoms with E-state index in [0.717, 1.165) is 0 Å². The quantitative estimate of drug-likeness (QED) is 0.256. The van der Waals surface area contributed by atoms with Crippen LogP contribution in [-0.2, 0) is 19.1 Å². The van der Waals surface area contributed by atoms with E-state index in [2.05, 4.69) is 9.47 Å². The molecule has 0 rings (SSSR count). The Balaban J connectivity index is 0. The Kier molecular flexibility index (Phi) is 12.3. The predicted octanol–water partition coefficient (Wildman–Crippen LogP) is 1.33. The Morgan fingerprint density at radius 1 is 0.857 bits per heavy atom. The van der Waals surface area contributed by atoms with Gasteiger partial charge in [0.1, 0.15) is 0 Å². The topological polar surface area (TPSA) is 52.6 Å². The average Bonchev–Trinajstić information content (AvgIpc) is 2.52. The van der Waals surface area contributed by atoms with Gasteiger partial charge in [0.2, 0.25) is 0 Å². The molecule has 0 N–H and O–H groups in total. The van der Waals surface area contributed by atoms with Crippen molar-refractivity contribution in [1.82, 2.24) is 0 Å². The van der Waals surface area contributed by atoms with Gasteiger partial charge in [0.05, 0.1) is 26.1 Å². The molecule has 0 saturated heterocycles. The Labute approximate surface area is 203 Å². The summed E-state index contributed by atoms with van der Waals surface area (Å²) in [6.45, 7) is 1.000. The molecule has 0 amide bonds. The number of carbonyl (C=O) groups excluding carboxylic acids is 2. The third kappa shape index (κ3) is 7.67. The van der Waals surface area contributed by atoms with Gasteiger partial charge in [-0.1, -0.05) is 6.92 Å². The molecule has 0 heterocycles. The van der Waals surface area contributed by atoms with Gasteiger partial charge in [-0.05, 0) is 0 Å². The molecule has 0 saturated carbocycles. The summed E-state index contributed by atoms with van der Waals surface area (Å²) >= 11 is 0. The molecule has 0 aliphatic carbocycles. The molecule has 0 aromatic carbocycles. The fourth-order valence-corrected chi connectivity index (χ4v) is 1.42. The van der Waals surface area contributed by atoms with Gasteiger partial charge in [-0.2, -0.15) is 52.9 Å². The molecule has 0 fully saturated rings. The first-order valence-electron chi connectivity index (χ1n) is 7.36. The van der Waals surface area contributed by atoms with Gasteiger partial charge in [0, 0.05) is 0 Å².